The third kappa shape index (κ3) is 3.83. The number of aromatic nitrogens is 3. The van der Waals surface area contributed by atoms with Crippen molar-refractivity contribution in [3.63, 3.8) is 0 Å². The van der Waals surface area contributed by atoms with Crippen LogP contribution in [0.25, 0.3) is 10.9 Å². The lowest BCUT2D eigenvalue weighted by atomic mass is 10.0. The van der Waals surface area contributed by atoms with Gasteiger partial charge in [-0.25, -0.2) is 9.78 Å². The van der Waals surface area contributed by atoms with Crippen molar-refractivity contribution in [3.05, 3.63) is 41.7 Å². The Bertz CT molecular complexity index is 1300. The number of nitrogens with zero attached hydrogens (tertiary/aromatic N) is 5. The number of carbonyl (C=O) groups is 2. The van der Waals surface area contributed by atoms with E-state index in [9.17, 15) is 9.59 Å². The highest BCUT2D eigenvalue weighted by molar-refractivity contribution is 6.31. The van der Waals surface area contributed by atoms with Gasteiger partial charge in [-0.05, 0) is 44.5 Å². The summed E-state index contributed by atoms with van der Waals surface area (Å²) < 4.78 is 7.35. The molecule has 0 bridgehead atoms. The van der Waals surface area contributed by atoms with Crippen LogP contribution < -0.4 is 20.9 Å². The number of nitrogens with two attached hydrogens (primary N) is 1. The molecule has 1 amide bonds. The van der Waals surface area contributed by atoms with Crippen LogP contribution in [0.4, 0.5) is 17.2 Å². The summed E-state index contributed by atoms with van der Waals surface area (Å²) in [6.07, 6.45) is 3.38. The Balaban J connectivity index is 1.61. The standard InChI is InChI=1S/C24H29N7O3/c1-14-9-16(10-15-12-29(4)28-20(14)15)31-19(34-23(33)21(25)32)11-17-18(5-6-26-22(17)31)30-8-7-27-24(2,3)13-30/h5-6,9-10,12,19,27H,7-8,11,13H2,1-4H3,(H2,25,32). The lowest BCUT2D eigenvalue weighted by Gasteiger charge is -2.41. The first-order chi connectivity index (χ1) is 16.1. The van der Waals surface area contributed by atoms with E-state index in [4.69, 9.17) is 10.5 Å². The first-order valence-electron chi connectivity index (χ1n) is 11.3. The molecule has 178 valence electrons. The Labute approximate surface area is 197 Å². The summed E-state index contributed by atoms with van der Waals surface area (Å²) in [5.74, 6) is -1.47. The minimum atomic E-state index is -1.12. The number of aryl methyl sites for hydroxylation is 2. The van der Waals surface area contributed by atoms with E-state index in [-0.39, 0.29) is 5.54 Å². The minimum absolute atomic E-state index is 0.0347. The zero-order valence-corrected chi connectivity index (χ0v) is 19.8. The van der Waals surface area contributed by atoms with E-state index in [0.717, 1.165) is 53.0 Å². The minimum Gasteiger partial charge on any atom is -0.434 e. The Morgan fingerprint density at radius 1 is 1.29 bits per heavy atom. The molecule has 34 heavy (non-hydrogen) atoms. The molecule has 1 saturated heterocycles. The van der Waals surface area contributed by atoms with Gasteiger partial charge in [0.05, 0.1) is 5.52 Å². The van der Waals surface area contributed by atoms with E-state index in [0.29, 0.717) is 12.2 Å². The van der Waals surface area contributed by atoms with Crippen LogP contribution in [-0.2, 0) is 27.8 Å². The van der Waals surface area contributed by atoms with E-state index >= 15 is 0 Å². The molecule has 2 aliphatic rings. The Kier molecular flexibility index (Phi) is 5.20. The maximum Gasteiger partial charge on any atom is 0.398 e. The predicted octanol–water partition coefficient (Wildman–Crippen LogP) is 1.51. The molecule has 10 nitrogen and oxygen atoms in total. The summed E-state index contributed by atoms with van der Waals surface area (Å²) in [5, 5.41) is 9.03. The lowest BCUT2D eigenvalue weighted by molar-refractivity contribution is -0.157. The van der Waals surface area contributed by atoms with Gasteiger partial charge in [0.25, 0.3) is 0 Å². The van der Waals surface area contributed by atoms with Crippen LogP contribution >= 0.6 is 0 Å². The zero-order valence-electron chi connectivity index (χ0n) is 19.8. The van der Waals surface area contributed by atoms with Gasteiger partial charge in [-0.15, -0.1) is 0 Å². The van der Waals surface area contributed by atoms with Gasteiger partial charge >= 0.3 is 11.9 Å². The second-order valence-corrected chi connectivity index (χ2v) is 9.67. The average molecular weight is 464 g/mol. The summed E-state index contributed by atoms with van der Waals surface area (Å²) >= 11 is 0. The number of benzene rings is 1. The Morgan fingerprint density at radius 3 is 2.82 bits per heavy atom. The lowest BCUT2D eigenvalue weighted by Crippen LogP contribution is -2.57. The van der Waals surface area contributed by atoms with Crippen LogP contribution in [0, 0.1) is 6.92 Å². The predicted molar refractivity (Wildman–Crippen MR) is 129 cm³/mol. The number of pyridine rings is 1. The number of rotatable bonds is 3. The van der Waals surface area contributed by atoms with Gasteiger partial charge in [0.2, 0.25) is 0 Å². The van der Waals surface area contributed by atoms with E-state index < -0.39 is 18.1 Å². The van der Waals surface area contributed by atoms with Gasteiger partial charge in [0.15, 0.2) is 6.23 Å². The third-order valence-corrected chi connectivity index (χ3v) is 6.44. The molecule has 1 fully saturated rings. The largest absolute Gasteiger partial charge is 0.434 e. The van der Waals surface area contributed by atoms with Gasteiger partial charge in [-0.1, -0.05) is 0 Å². The molecule has 3 aromatic rings. The fourth-order valence-corrected chi connectivity index (χ4v) is 5.03. The Morgan fingerprint density at radius 2 is 2.09 bits per heavy atom. The first-order valence-corrected chi connectivity index (χ1v) is 11.3. The molecule has 0 aliphatic carbocycles. The summed E-state index contributed by atoms with van der Waals surface area (Å²) in [4.78, 5) is 32.6. The number of hydrogen-bond donors (Lipinski definition) is 2. The third-order valence-electron chi connectivity index (χ3n) is 6.44. The number of esters is 1. The second-order valence-electron chi connectivity index (χ2n) is 9.67. The van der Waals surface area contributed by atoms with Gasteiger partial charge in [-0.2, -0.15) is 5.10 Å². The molecule has 5 rings (SSSR count). The number of piperazine rings is 1. The number of carbonyl (C=O) groups excluding carboxylic acids is 2. The number of fused-ring (bicyclic) bond motifs is 2. The molecule has 4 heterocycles. The normalized spacial score (nSPS) is 19.4. The SMILES string of the molecule is Cc1cc(N2c3nccc(N4CCNC(C)(C)C4)c3CC2OC(=O)C(N)=O)cc2cn(C)nc12. The summed E-state index contributed by atoms with van der Waals surface area (Å²) in [6.45, 7) is 8.90. The van der Waals surface area contributed by atoms with Crippen LogP contribution in [-0.4, -0.2) is 58.0 Å². The molecule has 0 spiro atoms. The second kappa shape index (κ2) is 7.98. The number of nitrogens with one attached hydrogen (secondary N) is 1. The first kappa shape index (κ1) is 22.1. The molecule has 1 atom stereocenters. The van der Waals surface area contributed by atoms with Crippen molar-refractivity contribution < 1.29 is 14.3 Å². The quantitative estimate of drug-likeness (QED) is 0.443. The fourth-order valence-electron chi connectivity index (χ4n) is 5.03. The zero-order chi connectivity index (χ0) is 24.2. The van der Waals surface area contributed by atoms with Crippen molar-refractivity contribution in [2.75, 3.05) is 29.4 Å². The van der Waals surface area contributed by atoms with Crippen molar-refractivity contribution in [2.45, 2.75) is 39.0 Å². The molecule has 0 saturated carbocycles. The van der Waals surface area contributed by atoms with Gasteiger partial charge < -0.3 is 20.7 Å². The van der Waals surface area contributed by atoms with Crippen LogP contribution in [0.2, 0.25) is 0 Å². The van der Waals surface area contributed by atoms with E-state index in [1.54, 1.807) is 10.9 Å². The monoisotopic (exact) mass is 463 g/mol. The highest BCUT2D eigenvalue weighted by Crippen LogP contribution is 2.43. The van der Waals surface area contributed by atoms with Gasteiger partial charge in [0, 0.05) is 73.4 Å². The van der Waals surface area contributed by atoms with Crippen LogP contribution in [0.5, 0.6) is 0 Å². The van der Waals surface area contributed by atoms with Gasteiger partial charge in [-0.3, -0.25) is 14.4 Å². The molecule has 2 aromatic heterocycles. The Hall–Kier alpha value is -3.66. The number of amides is 1. The van der Waals surface area contributed by atoms with Crippen molar-refractivity contribution >= 4 is 40.0 Å². The van der Waals surface area contributed by atoms with Gasteiger partial charge in [0.1, 0.15) is 5.82 Å². The topological polar surface area (TPSA) is 119 Å². The smallest absolute Gasteiger partial charge is 0.398 e. The number of anilines is 3. The molecule has 0 radical (unpaired) electrons. The molecule has 3 N–H and O–H groups in total. The van der Waals surface area contributed by atoms with E-state index in [1.165, 1.54) is 0 Å². The van der Waals surface area contributed by atoms with Crippen LogP contribution in [0.1, 0.15) is 25.0 Å². The highest BCUT2D eigenvalue weighted by atomic mass is 16.6. The van der Waals surface area contributed by atoms with Crippen molar-refractivity contribution in [2.24, 2.45) is 12.8 Å². The molecule has 1 aromatic carbocycles. The van der Waals surface area contributed by atoms with Crippen molar-refractivity contribution in [1.82, 2.24) is 20.1 Å². The summed E-state index contributed by atoms with van der Waals surface area (Å²) in [5.41, 5.74) is 9.91. The molecular formula is C24H29N7O3. The van der Waals surface area contributed by atoms with Crippen molar-refractivity contribution in [1.29, 1.82) is 0 Å². The number of primary amides is 1. The van der Waals surface area contributed by atoms with Crippen LogP contribution in [0.3, 0.4) is 0 Å². The number of ether oxygens (including phenoxy) is 1. The summed E-state index contributed by atoms with van der Waals surface area (Å²) in [7, 11) is 1.88. The maximum absolute atomic E-state index is 12.2. The molecule has 1 unspecified atom stereocenters. The van der Waals surface area contributed by atoms with E-state index in [1.807, 2.05) is 43.3 Å². The highest BCUT2D eigenvalue weighted by Gasteiger charge is 2.39. The van der Waals surface area contributed by atoms with Crippen LogP contribution in [0.15, 0.2) is 30.6 Å². The average Bonchev–Trinajstić information content (AvgIpc) is 3.32. The van der Waals surface area contributed by atoms with E-state index in [2.05, 4.69) is 34.1 Å². The molecular weight excluding hydrogens is 434 g/mol. The fraction of sp³-hybridized carbons (Fsp3) is 0.417. The van der Waals surface area contributed by atoms with Crippen molar-refractivity contribution in [3.8, 4) is 0 Å². The number of hydrogen-bond acceptors (Lipinski definition) is 8. The maximum atomic E-state index is 12.2. The molecule has 10 heteroatoms. The molecule has 2 aliphatic heterocycles. The summed E-state index contributed by atoms with van der Waals surface area (Å²) in [6, 6.07) is 6.00.